The van der Waals surface area contributed by atoms with E-state index < -0.39 is 0 Å². The van der Waals surface area contributed by atoms with E-state index in [0.29, 0.717) is 6.42 Å². The molecule has 0 nitrogen and oxygen atoms in total. The molecule has 0 saturated carbocycles. The summed E-state index contributed by atoms with van der Waals surface area (Å²) in [5.74, 6) is 0.0459. The van der Waals surface area contributed by atoms with Gasteiger partial charge in [0.2, 0.25) is 0 Å². The van der Waals surface area contributed by atoms with Crippen molar-refractivity contribution in [3.63, 3.8) is 0 Å². The van der Waals surface area contributed by atoms with Crippen LogP contribution in [-0.4, -0.2) is 0 Å². The molecule has 3 rings (SSSR count). The molecule has 1 atom stereocenters. The first-order valence-corrected chi connectivity index (χ1v) is 6.32. The van der Waals surface area contributed by atoms with E-state index in [9.17, 15) is 4.39 Å². The highest BCUT2D eigenvalue weighted by molar-refractivity contribution is 9.10. The largest absolute Gasteiger partial charge is 0.212 e. The van der Waals surface area contributed by atoms with E-state index in [4.69, 9.17) is 0 Å². The van der Waals surface area contributed by atoms with Crippen LogP contribution in [0.15, 0.2) is 34.6 Å². The quantitative estimate of drug-likeness (QED) is 0.684. The van der Waals surface area contributed by atoms with Crippen LogP contribution in [0, 0.1) is 5.41 Å². The molecule has 16 heavy (non-hydrogen) atoms. The van der Waals surface area contributed by atoms with Crippen molar-refractivity contribution in [2.75, 3.05) is 0 Å². The number of benzene rings is 1. The predicted octanol–water partition coefficient (Wildman–Crippen LogP) is 3.05. The zero-order valence-electron chi connectivity index (χ0n) is 8.84. The number of fused-ring (bicyclic) bond motifs is 1. The summed E-state index contributed by atoms with van der Waals surface area (Å²) in [6, 6.07) is 6.32. The van der Waals surface area contributed by atoms with Crippen LogP contribution < -0.4 is 10.4 Å². The van der Waals surface area contributed by atoms with Crippen molar-refractivity contribution in [3.05, 3.63) is 45.0 Å². The van der Waals surface area contributed by atoms with Gasteiger partial charge in [-0.25, -0.2) is 4.39 Å². The highest BCUT2D eigenvalue weighted by Crippen LogP contribution is 2.39. The summed E-state index contributed by atoms with van der Waals surface area (Å²) in [4.78, 5) is 0. The van der Waals surface area contributed by atoms with Gasteiger partial charge in [0.1, 0.15) is 0 Å². The van der Waals surface area contributed by atoms with Gasteiger partial charge in [-0.1, -0.05) is 40.2 Å². The van der Waals surface area contributed by atoms with E-state index in [1.54, 1.807) is 6.08 Å². The third-order valence-corrected chi connectivity index (χ3v) is 3.96. The minimum atomic E-state index is 0.0459. The van der Waals surface area contributed by atoms with E-state index in [2.05, 4.69) is 46.3 Å². The van der Waals surface area contributed by atoms with Gasteiger partial charge in [-0.3, -0.25) is 0 Å². The Balaban J connectivity index is 2.10. The fourth-order valence-electron chi connectivity index (χ4n) is 2.58. The Bertz CT molecular complexity index is 585. The van der Waals surface area contributed by atoms with E-state index in [1.165, 1.54) is 10.4 Å². The third-order valence-electron chi connectivity index (χ3n) is 3.47. The first-order chi connectivity index (χ1) is 7.67. The standard InChI is InChI=1S/C14H12BrF/c15-12-2-1-10-8-14(9-11(10)7-12)5-3-13(16)4-6-14/h1-3,7-9H,4-6H2. The summed E-state index contributed by atoms with van der Waals surface area (Å²) >= 11 is 3.48. The molecule has 0 amide bonds. The van der Waals surface area contributed by atoms with Gasteiger partial charge in [0.15, 0.2) is 0 Å². The number of allylic oxidation sites excluding steroid dienone is 2. The van der Waals surface area contributed by atoms with Crippen molar-refractivity contribution >= 4 is 28.1 Å². The molecule has 0 heterocycles. The van der Waals surface area contributed by atoms with Crippen LogP contribution >= 0.6 is 15.9 Å². The second kappa shape index (κ2) is 3.56. The van der Waals surface area contributed by atoms with E-state index in [-0.39, 0.29) is 11.2 Å². The molecule has 1 aromatic rings. The Morgan fingerprint density at radius 2 is 2.00 bits per heavy atom. The van der Waals surface area contributed by atoms with Crippen molar-refractivity contribution < 1.29 is 4.39 Å². The lowest BCUT2D eigenvalue weighted by Gasteiger charge is -2.27. The molecule has 1 unspecified atom stereocenters. The average Bonchev–Trinajstić information content (AvgIpc) is 2.60. The molecule has 2 aliphatic carbocycles. The predicted molar refractivity (Wildman–Crippen MR) is 67.8 cm³/mol. The zero-order valence-corrected chi connectivity index (χ0v) is 10.4. The number of hydrogen-bond donors (Lipinski definition) is 0. The number of halogens is 2. The fraction of sp³-hybridized carbons (Fsp3) is 0.286. The van der Waals surface area contributed by atoms with Crippen LogP contribution in [0.2, 0.25) is 0 Å². The maximum Gasteiger partial charge on any atom is 0.0960 e. The first kappa shape index (κ1) is 10.3. The number of hydrogen-bond acceptors (Lipinski definition) is 0. The van der Waals surface area contributed by atoms with Crippen molar-refractivity contribution in [2.24, 2.45) is 5.41 Å². The van der Waals surface area contributed by atoms with E-state index in [0.717, 1.165) is 17.3 Å². The van der Waals surface area contributed by atoms with Crippen LogP contribution in [-0.2, 0) is 0 Å². The maximum atomic E-state index is 13.0. The average molecular weight is 279 g/mol. The maximum absolute atomic E-state index is 13.0. The molecule has 0 aliphatic heterocycles. The van der Waals surface area contributed by atoms with Gasteiger partial charge in [0, 0.05) is 9.89 Å². The van der Waals surface area contributed by atoms with Gasteiger partial charge < -0.3 is 0 Å². The molecule has 2 aliphatic rings. The summed E-state index contributed by atoms with van der Waals surface area (Å²) in [5.41, 5.74) is 0.0682. The van der Waals surface area contributed by atoms with Crippen LogP contribution in [0.4, 0.5) is 4.39 Å². The molecule has 0 N–H and O–H groups in total. The summed E-state index contributed by atoms with van der Waals surface area (Å²) in [6.07, 6.45) is 8.57. The number of rotatable bonds is 0. The second-order valence-corrected chi connectivity index (χ2v) is 5.57. The van der Waals surface area contributed by atoms with Gasteiger partial charge in [-0.05, 0) is 41.8 Å². The second-order valence-electron chi connectivity index (χ2n) is 4.65. The normalized spacial score (nSPS) is 27.0. The van der Waals surface area contributed by atoms with Crippen molar-refractivity contribution in [1.29, 1.82) is 0 Å². The molecule has 0 fully saturated rings. The van der Waals surface area contributed by atoms with Gasteiger partial charge in [-0.2, -0.15) is 0 Å². The molecule has 1 aromatic carbocycles. The molecule has 0 saturated heterocycles. The van der Waals surface area contributed by atoms with Crippen LogP contribution in [0.1, 0.15) is 19.3 Å². The Hall–Kier alpha value is -0.890. The molecule has 0 radical (unpaired) electrons. The lowest BCUT2D eigenvalue weighted by Crippen LogP contribution is -2.19. The van der Waals surface area contributed by atoms with Crippen LogP contribution in [0.3, 0.4) is 0 Å². The van der Waals surface area contributed by atoms with E-state index in [1.807, 2.05) is 0 Å². The van der Waals surface area contributed by atoms with Gasteiger partial charge >= 0.3 is 0 Å². The smallest absolute Gasteiger partial charge is 0.0960 e. The first-order valence-electron chi connectivity index (χ1n) is 5.53. The van der Waals surface area contributed by atoms with Crippen molar-refractivity contribution in [3.8, 4) is 0 Å². The lowest BCUT2D eigenvalue weighted by molar-refractivity contribution is 0.438. The Labute approximate surface area is 102 Å². The summed E-state index contributed by atoms with van der Waals surface area (Å²) in [7, 11) is 0. The molecule has 0 aromatic heterocycles. The Morgan fingerprint density at radius 1 is 1.19 bits per heavy atom. The summed E-state index contributed by atoms with van der Waals surface area (Å²) < 4.78 is 14.1. The lowest BCUT2D eigenvalue weighted by atomic mass is 9.78. The van der Waals surface area contributed by atoms with Gasteiger partial charge in [0.05, 0.1) is 5.83 Å². The molecular weight excluding hydrogens is 267 g/mol. The third kappa shape index (κ3) is 1.65. The molecule has 1 spiro atoms. The molecule has 0 bridgehead atoms. The monoisotopic (exact) mass is 278 g/mol. The SMILES string of the molecule is FC1=CCC2(C=c3ccc(Br)cc3=C2)CC1. The zero-order chi connectivity index (χ0) is 11.2. The molecular formula is C14H12BrF. The summed E-state index contributed by atoms with van der Waals surface area (Å²) in [6.45, 7) is 0. The highest BCUT2D eigenvalue weighted by atomic mass is 79.9. The Kier molecular flexibility index (Phi) is 2.28. The van der Waals surface area contributed by atoms with E-state index >= 15 is 0 Å². The van der Waals surface area contributed by atoms with Crippen LogP contribution in [0.25, 0.3) is 12.2 Å². The van der Waals surface area contributed by atoms with Gasteiger partial charge in [-0.15, -0.1) is 0 Å². The highest BCUT2D eigenvalue weighted by Gasteiger charge is 2.29. The molecule has 2 heteroatoms. The Morgan fingerprint density at radius 3 is 2.75 bits per heavy atom. The topological polar surface area (TPSA) is 0 Å². The minimum Gasteiger partial charge on any atom is -0.212 e. The van der Waals surface area contributed by atoms with Crippen molar-refractivity contribution in [1.82, 2.24) is 0 Å². The minimum absolute atomic E-state index is 0.0459. The molecule has 82 valence electrons. The van der Waals surface area contributed by atoms with Crippen LogP contribution in [0.5, 0.6) is 0 Å². The van der Waals surface area contributed by atoms with Crippen molar-refractivity contribution in [2.45, 2.75) is 19.3 Å². The van der Waals surface area contributed by atoms with Gasteiger partial charge in [0.25, 0.3) is 0 Å². The fourth-order valence-corrected chi connectivity index (χ4v) is 2.96. The summed E-state index contributed by atoms with van der Waals surface area (Å²) in [5, 5.41) is 2.55.